The smallest absolute Gasteiger partial charge is 0.329 e. The number of hydrogen-bond acceptors (Lipinski definition) is 4. The Bertz CT molecular complexity index is 512. The average Bonchev–Trinajstić information content (AvgIpc) is 2.53. The minimum absolute atomic E-state index is 0.0436. The van der Waals surface area contributed by atoms with Gasteiger partial charge in [0.05, 0.1) is 12.8 Å². The van der Waals surface area contributed by atoms with Gasteiger partial charge in [-0.1, -0.05) is 13.8 Å². The van der Waals surface area contributed by atoms with Gasteiger partial charge >= 0.3 is 11.8 Å². The molecule has 0 aliphatic heterocycles. The van der Waals surface area contributed by atoms with E-state index in [4.69, 9.17) is 4.74 Å². The molecule has 0 spiro atoms. The number of hydrogen-bond donors (Lipinski definition) is 2. The van der Waals surface area contributed by atoms with E-state index in [1.807, 2.05) is 45.0 Å². The van der Waals surface area contributed by atoms with Crippen molar-refractivity contribution < 1.29 is 14.3 Å². The predicted molar refractivity (Wildman–Crippen MR) is 85.9 cm³/mol. The van der Waals surface area contributed by atoms with E-state index in [0.29, 0.717) is 6.61 Å². The van der Waals surface area contributed by atoms with Gasteiger partial charge in [0, 0.05) is 6.04 Å². The second-order valence-electron chi connectivity index (χ2n) is 4.90. The third-order valence-electron chi connectivity index (χ3n) is 2.93. The molecule has 22 heavy (non-hydrogen) atoms. The summed E-state index contributed by atoms with van der Waals surface area (Å²) in [4.78, 5) is 23.0. The third-order valence-corrected chi connectivity index (χ3v) is 2.93. The summed E-state index contributed by atoms with van der Waals surface area (Å²) in [7, 11) is 0. The first kappa shape index (κ1) is 17.7. The number of carbonyl (C=O) groups excluding carboxylic acids is 2. The second-order valence-corrected chi connectivity index (χ2v) is 4.90. The summed E-state index contributed by atoms with van der Waals surface area (Å²) in [6, 6.07) is 7.25. The van der Waals surface area contributed by atoms with Crippen molar-refractivity contribution in [2.75, 3.05) is 6.61 Å². The van der Waals surface area contributed by atoms with Gasteiger partial charge in [-0.2, -0.15) is 5.10 Å². The van der Waals surface area contributed by atoms with Gasteiger partial charge in [-0.3, -0.25) is 9.59 Å². The summed E-state index contributed by atoms with van der Waals surface area (Å²) in [6.45, 7) is 6.47. The Morgan fingerprint density at radius 1 is 1.23 bits per heavy atom. The van der Waals surface area contributed by atoms with Crippen LogP contribution in [0.25, 0.3) is 0 Å². The van der Waals surface area contributed by atoms with Gasteiger partial charge in [-0.15, -0.1) is 0 Å². The minimum atomic E-state index is -0.778. The lowest BCUT2D eigenvalue weighted by Gasteiger charge is -2.09. The summed E-state index contributed by atoms with van der Waals surface area (Å²) in [5.41, 5.74) is 2.99. The molecule has 0 aliphatic carbocycles. The van der Waals surface area contributed by atoms with Gasteiger partial charge < -0.3 is 10.1 Å². The van der Waals surface area contributed by atoms with Crippen LogP contribution in [0.5, 0.6) is 5.75 Å². The maximum atomic E-state index is 11.5. The van der Waals surface area contributed by atoms with Crippen LogP contribution >= 0.6 is 0 Å². The molecule has 0 bridgehead atoms. The number of nitrogens with one attached hydrogen (secondary N) is 2. The van der Waals surface area contributed by atoms with Crippen molar-refractivity contribution in [1.29, 1.82) is 0 Å². The van der Waals surface area contributed by atoms with E-state index in [0.717, 1.165) is 24.2 Å². The van der Waals surface area contributed by atoms with Crippen LogP contribution in [-0.2, 0) is 9.59 Å². The number of ether oxygens (including phenoxy) is 1. The Morgan fingerprint density at radius 2 is 1.91 bits per heavy atom. The molecule has 0 saturated carbocycles. The topological polar surface area (TPSA) is 79.8 Å². The van der Waals surface area contributed by atoms with Crippen LogP contribution in [0.1, 0.15) is 39.2 Å². The van der Waals surface area contributed by atoms with Gasteiger partial charge in [-0.25, -0.2) is 5.43 Å². The molecule has 6 nitrogen and oxygen atoms in total. The molecular weight excluding hydrogens is 282 g/mol. The first-order valence-electron chi connectivity index (χ1n) is 7.43. The fourth-order valence-corrected chi connectivity index (χ4v) is 1.48. The molecule has 1 atom stereocenters. The molecule has 0 unspecified atom stereocenters. The van der Waals surface area contributed by atoms with Gasteiger partial charge in [-0.05, 0) is 49.6 Å². The zero-order chi connectivity index (χ0) is 16.4. The highest BCUT2D eigenvalue weighted by Gasteiger charge is 2.14. The fraction of sp³-hybridized carbons (Fsp3) is 0.438. The van der Waals surface area contributed by atoms with E-state index in [-0.39, 0.29) is 6.04 Å². The summed E-state index contributed by atoms with van der Waals surface area (Å²) < 4.78 is 5.46. The van der Waals surface area contributed by atoms with Gasteiger partial charge in [0.15, 0.2) is 0 Å². The third kappa shape index (κ3) is 6.39. The van der Waals surface area contributed by atoms with Crippen molar-refractivity contribution in [2.45, 2.75) is 39.7 Å². The van der Waals surface area contributed by atoms with Crippen LogP contribution < -0.4 is 15.5 Å². The molecule has 0 saturated heterocycles. The average molecular weight is 305 g/mol. The largest absolute Gasteiger partial charge is 0.494 e. The Labute approximate surface area is 130 Å². The molecule has 1 rings (SSSR count). The van der Waals surface area contributed by atoms with E-state index >= 15 is 0 Å². The predicted octanol–water partition coefficient (Wildman–Crippen LogP) is 1.84. The molecule has 0 radical (unpaired) electrons. The lowest BCUT2D eigenvalue weighted by atomic mass is 10.2. The molecule has 0 aliphatic rings. The fourth-order valence-electron chi connectivity index (χ4n) is 1.48. The zero-order valence-corrected chi connectivity index (χ0v) is 13.3. The maximum absolute atomic E-state index is 11.5. The highest BCUT2D eigenvalue weighted by atomic mass is 16.5. The maximum Gasteiger partial charge on any atom is 0.329 e. The monoisotopic (exact) mass is 305 g/mol. The van der Waals surface area contributed by atoms with E-state index in [9.17, 15) is 9.59 Å². The molecular formula is C16H23N3O3. The Morgan fingerprint density at radius 3 is 2.50 bits per heavy atom. The summed E-state index contributed by atoms with van der Waals surface area (Å²) >= 11 is 0. The number of carbonyl (C=O) groups is 2. The van der Waals surface area contributed by atoms with Crippen molar-refractivity contribution in [3.63, 3.8) is 0 Å². The number of rotatable bonds is 7. The Balaban J connectivity index is 2.44. The minimum Gasteiger partial charge on any atom is -0.494 e. The van der Waals surface area contributed by atoms with Crippen molar-refractivity contribution in [3.8, 4) is 5.75 Å². The van der Waals surface area contributed by atoms with Crippen LogP contribution in [0.3, 0.4) is 0 Å². The van der Waals surface area contributed by atoms with Crippen molar-refractivity contribution in [3.05, 3.63) is 29.8 Å². The summed E-state index contributed by atoms with van der Waals surface area (Å²) in [5.74, 6) is -0.676. The summed E-state index contributed by atoms with van der Waals surface area (Å²) in [5, 5.41) is 6.32. The normalized spacial score (nSPS) is 12.0. The van der Waals surface area contributed by atoms with Crippen LogP contribution in [0.4, 0.5) is 0 Å². The molecule has 2 N–H and O–H groups in total. The molecule has 2 amide bonds. The Hall–Kier alpha value is -2.37. The van der Waals surface area contributed by atoms with E-state index < -0.39 is 11.8 Å². The second kappa shape index (κ2) is 9.55. The van der Waals surface area contributed by atoms with Crippen molar-refractivity contribution in [1.82, 2.24) is 10.7 Å². The lowest BCUT2D eigenvalue weighted by Crippen LogP contribution is -2.41. The summed E-state index contributed by atoms with van der Waals surface area (Å²) in [6.07, 6.45) is 3.18. The lowest BCUT2D eigenvalue weighted by molar-refractivity contribution is -0.139. The molecule has 6 heteroatoms. The quantitative estimate of drug-likeness (QED) is 0.458. The van der Waals surface area contributed by atoms with Crippen LogP contribution in [0.2, 0.25) is 0 Å². The van der Waals surface area contributed by atoms with Gasteiger partial charge in [0.1, 0.15) is 5.75 Å². The zero-order valence-electron chi connectivity index (χ0n) is 13.3. The first-order chi connectivity index (χ1) is 10.6. The van der Waals surface area contributed by atoms with Crippen LogP contribution in [0.15, 0.2) is 29.4 Å². The van der Waals surface area contributed by atoms with E-state index in [1.165, 1.54) is 6.21 Å². The van der Waals surface area contributed by atoms with Crippen LogP contribution in [0, 0.1) is 0 Å². The van der Waals surface area contributed by atoms with E-state index in [2.05, 4.69) is 15.8 Å². The highest BCUT2D eigenvalue weighted by molar-refractivity contribution is 6.35. The SMILES string of the molecule is CCCOc1ccc(/C=N\NC(=O)C(=O)N[C@@H](C)CC)cc1. The molecule has 0 aromatic heterocycles. The van der Waals surface area contributed by atoms with Gasteiger partial charge in [0.2, 0.25) is 0 Å². The van der Waals surface area contributed by atoms with Crippen LogP contribution in [-0.4, -0.2) is 30.7 Å². The molecule has 1 aromatic carbocycles. The molecule has 0 heterocycles. The molecule has 0 fully saturated rings. The van der Waals surface area contributed by atoms with Crippen molar-refractivity contribution in [2.24, 2.45) is 5.10 Å². The first-order valence-corrected chi connectivity index (χ1v) is 7.43. The van der Waals surface area contributed by atoms with Gasteiger partial charge in [0.25, 0.3) is 0 Å². The van der Waals surface area contributed by atoms with Crippen molar-refractivity contribution >= 4 is 18.0 Å². The number of nitrogens with zero attached hydrogens (tertiary/aromatic N) is 1. The molecule has 120 valence electrons. The standard InChI is InChI=1S/C16H23N3O3/c1-4-10-22-14-8-6-13(7-9-14)11-17-19-16(21)15(20)18-12(3)5-2/h6-9,11-12H,4-5,10H2,1-3H3,(H,18,20)(H,19,21)/b17-11-/t12-/m0/s1. The Kier molecular flexibility index (Phi) is 7.67. The van der Waals surface area contributed by atoms with E-state index in [1.54, 1.807) is 0 Å². The number of benzene rings is 1. The highest BCUT2D eigenvalue weighted by Crippen LogP contribution is 2.11. The number of amides is 2. The molecule has 1 aromatic rings. The number of hydrazone groups is 1.